The second-order valence-electron chi connectivity index (χ2n) is 5.50. The lowest BCUT2D eigenvalue weighted by Gasteiger charge is -2.43. The van der Waals surface area contributed by atoms with Gasteiger partial charge in [-0.05, 0) is 38.8 Å². The lowest BCUT2D eigenvalue weighted by atomic mass is 9.90. The normalized spacial score (nSPS) is 30.2. The van der Waals surface area contributed by atoms with Crippen molar-refractivity contribution < 1.29 is 4.74 Å². The standard InChI is InChI=1S/C14H28N2O/c15-9-5-1-2-6-10-16-11-12-17-14-8-4-3-7-13(14)16/h13-14H,1-12,15H2. The van der Waals surface area contributed by atoms with Gasteiger partial charge in [0.15, 0.2) is 0 Å². The van der Waals surface area contributed by atoms with Crippen LogP contribution in [0.2, 0.25) is 0 Å². The highest BCUT2D eigenvalue weighted by Crippen LogP contribution is 2.28. The van der Waals surface area contributed by atoms with Gasteiger partial charge in [-0.2, -0.15) is 0 Å². The third-order valence-electron chi connectivity index (χ3n) is 4.25. The summed E-state index contributed by atoms with van der Waals surface area (Å²) in [6.45, 7) is 4.22. The Morgan fingerprint density at radius 1 is 1.06 bits per heavy atom. The maximum atomic E-state index is 5.90. The monoisotopic (exact) mass is 240 g/mol. The number of hydrogen-bond donors (Lipinski definition) is 1. The van der Waals surface area contributed by atoms with Crippen LogP contribution in [0.15, 0.2) is 0 Å². The average molecular weight is 240 g/mol. The summed E-state index contributed by atoms with van der Waals surface area (Å²) in [6.07, 6.45) is 11.1. The van der Waals surface area contributed by atoms with Crippen molar-refractivity contribution in [2.45, 2.75) is 63.5 Å². The second-order valence-corrected chi connectivity index (χ2v) is 5.50. The fourth-order valence-corrected chi connectivity index (χ4v) is 3.27. The Bertz CT molecular complexity index is 208. The van der Waals surface area contributed by atoms with E-state index in [0.29, 0.717) is 6.10 Å². The molecule has 0 radical (unpaired) electrons. The van der Waals surface area contributed by atoms with E-state index < -0.39 is 0 Å². The van der Waals surface area contributed by atoms with Crippen LogP contribution in [0.1, 0.15) is 51.4 Å². The molecule has 0 aromatic heterocycles. The van der Waals surface area contributed by atoms with Crippen LogP contribution in [0, 0.1) is 0 Å². The molecule has 2 N–H and O–H groups in total. The predicted molar refractivity (Wildman–Crippen MR) is 71.1 cm³/mol. The summed E-state index contributed by atoms with van der Waals surface area (Å²) in [4.78, 5) is 2.69. The van der Waals surface area contributed by atoms with Crippen molar-refractivity contribution in [2.24, 2.45) is 5.73 Å². The number of morpholine rings is 1. The summed E-state index contributed by atoms with van der Waals surface area (Å²) in [7, 11) is 0. The molecule has 2 fully saturated rings. The molecule has 17 heavy (non-hydrogen) atoms. The topological polar surface area (TPSA) is 38.5 Å². The zero-order valence-corrected chi connectivity index (χ0v) is 11.1. The number of hydrogen-bond acceptors (Lipinski definition) is 3. The van der Waals surface area contributed by atoms with Gasteiger partial charge < -0.3 is 10.5 Å². The van der Waals surface area contributed by atoms with E-state index in [2.05, 4.69) is 4.90 Å². The zero-order chi connectivity index (χ0) is 11.9. The van der Waals surface area contributed by atoms with Crippen LogP contribution in [0.5, 0.6) is 0 Å². The van der Waals surface area contributed by atoms with Gasteiger partial charge in [0, 0.05) is 12.6 Å². The first-order valence-corrected chi connectivity index (χ1v) is 7.47. The van der Waals surface area contributed by atoms with Gasteiger partial charge in [-0.15, -0.1) is 0 Å². The molecule has 2 atom stereocenters. The van der Waals surface area contributed by atoms with Gasteiger partial charge in [-0.25, -0.2) is 0 Å². The molecule has 1 saturated carbocycles. The first-order valence-electron chi connectivity index (χ1n) is 7.47. The van der Waals surface area contributed by atoms with E-state index in [0.717, 1.165) is 25.7 Å². The van der Waals surface area contributed by atoms with Gasteiger partial charge in [-0.3, -0.25) is 4.90 Å². The summed E-state index contributed by atoms with van der Waals surface area (Å²) in [5.41, 5.74) is 5.51. The number of nitrogens with zero attached hydrogens (tertiary/aromatic N) is 1. The van der Waals surface area contributed by atoms with E-state index in [4.69, 9.17) is 10.5 Å². The van der Waals surface area contributed by atoms with E-state index in [-0.39, 0.29) is 0 Å². The van der Waals surface area contributed by atoms with Crippen LogP contribution in [0.4, 0.5) is 0 Å². The summed E-state index contributed by atoms with van der Waals surface area (Å²) < 4.78 is 5.90. The van der Waals surface area contributed by atoms with Gasteiger partial charge in [0.1, 0.15) is 0 Å². The Kier molecular flexibility index (Phi) is 5.75. The fraction of sp³-hybridized carbons (Fsp3) is 1.00. The lowest BCUT2D eigenvalue weighted by Crippen LogP contribution is -2.52. The predicted octanol–water partition coefficient (Wildman–Crippen LogP) is 2.15. The molecule has 0 amide bonds. The molecule has 2 unspecified atom stereocenters. The highest BCUT2D eigenvalue weighted by Gasteiger charge is 2.33. The summed E-state index contributed by atoms with van der Waals surface area (Å²) in [5, 5.41) is 0. The smallest absolute Gasteiger partial charge is 0.0730 e. The molecule has 1 aliphatic heterocycles. The minimum atomic E-state index is 0.543. The molecule has 1 saturated heterocycles. The third-order valence-corrected chi connectivity index (χ3v) is 4.25. The molecule has 2 rings (SSSR count). The number of ether oxygens (including phenoxy) is 1. The maximum Gasteiger partial charge on any atom is 0.0730 e. The van der Waals surface area contributed by atoms with Crippen LogP contribution < -0.4 is 5.73 Å². The van der Waals surface area contributed by atoms with Crippen molar-refractivity contribution in [1.29, 1.82) is 0 Å². The van der Waals surface area contributed by atoms with E-state index in [1.807, 2.05) is 0 Å². The van der Waals surface area contributed by atoms with Crippen LogP contribution in [-0.4, -0.2) is 43.3 Å². The molecule has 1 aliphatic carbocycles. The number of nitrogens with two attached hydrogens (primary N) is 1. The Hall–Kier alpha value is -0.120. The summed E-state index contributed by atoms with van der Waals surface area (Å²) >= 11 is 0. The van der Waals surface area contributed by atoms with Crippen molar-refractivity contribution in [3.8, 4) is 0 Å². The van der Waals surface area contributed by atoms with Crippen molar-refractivity contribution in [1.82, 2.24) is 4.90 Å². The fourth-order valence-electron chi connectivity index (χ4n) is 3.27. The molecule has 0 aromatic rings. The SMILES string of the molecule is NCCCCCCN1CCOC2CCCCC21. The highest BCUT2D eigenvalue weighted by molar-refractivity contribution is 4.87. The van der Waals surface area contributed by atoms with E-state index >= 15 is 0 Å². The molecule has 3 nitrogen and oxygen atoms in total. The number of unbranched alkanes of at least 4 members (excludes halogenated alkanes) is 3. The van der Waals surface area contributed by atoms with Gasteiger partial charge in [0.05, 0.1) is 12.7 Å². The Morgan fingerprint density at radius 3 is 2.76 bits per heavy atom. The Morgan fingerprint density at radius 2 is 1.88 bits per heavy atom. The summed E-state index contributed by atoms with van der Waals surface area (Å²) in [5.74, 6) is 0. The van der Waals surface area contributed by atoms with Crippen molar-refractivity contribution >= 4 is 0 Å². The molecule has 1 heterocycles. The van der Waals surface area contributed by atoms with Crippen molar-refractivity contribution in [3.63, 3.8) is 0 Å². The zero-order valence-electron chi connectivity index (χ0n) is 11.1. The molecular formula is C14H28N2O. The van der Waals surface area contributed by atoms with E-state index in [1.54, 1.807) is 0 Å². The molecule has 3 heteroatoms. The Labute approximate surface area is 106 Å². The van der Waals surface area contributed by atoms with Crippen LogP contribution in [0.3, 0.4) is 0 Å². The average Bonchev–Trinajstić information content (AvgIpc) is 2.39. The third kappa shape index (κ3) is 3.94. The van der Waals surface area contributed by atoms with Gasteiger partial charge in [0.2, 0.25) is 0 Å². The quantitative estimate of drug-likeness (QED) is 0.723. The summed E-state index contributed by atoms with van der Waals surface area (Å²) in [6, 6.07) is 0.729. The van der Waals surface area contributed by atoms with Crippen molar-refractivity contribution in [3.05, 3.63) is 0 Å². The highest BCUT2D eigenvalue weighted by atomic mass is 16.5. The number of rotatable bonds is 6. The van der Waals surface area contributed by atoms with Gasteiger partial charge in [0.25, 0.3) is 0 Å². The van der Waals surface area contributed by atoms with E-state index in [9.17, 15) is 0 Å². The van der Waals surface area contributed by atoms with Crippen LogP contribution in [0.25, 0.3) is 0 Å². The molecule has 0 bridgehead atoms. The maximum absolute atomic E-state index is 5.90. The second kappa shape index (κ2) is 7.34. The first-order chi connectivity index (χ1) is 8.42. The molecule has 0 spiro atoms. The minimum absolute atomic E-state index is 0.543. The molecule has 100 valence electrons. The van der Waals surface area contributed by atoms with Gasteiger partial charge in [-0.1, -0.05) is 25.7 Å². The van der Waals surface area contributed by atoms with E-state index in [1.165, 1.54) is 57.9 Å². The lowest BCUT2D eigenvalue weighted by molar-refractivity contribution is -0.0882. The minimum Gasteiger partial charge on any atom is -0.375 e. The Balaban J connectivity index is 1.67. The van der Waals surface area contributed by atoms with Crippen molar-refractivity contribution in [2.75, 3.05) is 26.2 Å². The molecule has 2 aliphatic rings. The number of fused-ring (bicyclic) bond motifs is 1. The first kappa shape index (κ1) is 13.3. The molecule has 0 aromatic carbocycles. The largest absolute Gasteiger partial charge is 0.375 e. The van der Waals surface area contributed by atoms with Crippen LogP contribution in [-0.2, 0) is 4.74 Å². The van der Waals surface area contributed by atoms with Gasteiger partial charge >= 0.3 is 0 Å². The van der Waals surface area contributed by atoms with Crippen LogP contribution >= 0.6 is 0 Å². The molecular weight excluding hydrogens is 212 g/mol.